The molecule has 2 rings (SSSR count). The first kappa shape index (κ1) is 25.3. The number of hydrogen-bond acceptors (Lipinski definition) is 5. The van der Waals surface area contributed by atoms with Crippen LogP contribution in [0.3, 0.4) is 0 Å². The predicted octanol–water partition coefficient (Wildman–Crippen LogP) is 5.58. The summed E-state index contributed by atoms with van der Waals surface area (Å²) >= 11 is 0. The molecule has 1 aromatic rings. The topological polar surface area (TPSA) is 94.0 Å². The summed E-state index contributed by atoms with van der Waals surface area (Å²) < 4.78 is 0. The average Bonchev–Trinajstić information content (AvgIpc) is 2.76. The lowest BCUT2D eigenvalue weighted by atomic mass is 9.93. The van der Waals surface area contributed by atoms with E-state index in [2.05, 4.69) is 22.8 Å². The fourth-order valence-electron chi connectivity index (χ4n) is 4.15. The van der Waals surface area contributed by atoms with Gasteiger partial charge in [-0.15, -0.1) is 0 Å². The van der Waals surface area contributed by atoms with Crippen molar-refractivity contribution in [1.29, 1.82) is 0 Å². The third-order valence-corrected chi connectivity index (χ3v) is 6.24. The second kappa shape index (κ2) is 14.2. The van der Waals surface area contributed by atoms with E-state index in [9.17, 15) is 9.90 Å². The van der Waals surface area contributed by atoms with Crippen LogP contribution in [0.4, 0.5) is 5.69 Å². The number of carboxylic acids is 1. The fraction of sp³-hybridized carbons (Fsp3) is 0.680. The van der Waals surface area contributed by atoms with Gasteiger partial charge in [-0.25, -0.2) is 4.79 Å². The molecule has 0 spiro atoms. The summed E-state index contributed by atoms with van der Waals surface area (Å²) in [4.78, 5) is 10.9. The van der Waals surface area contributed by atoms with Crippen molar-refractivity contribution in [3.8, 4) is 0 Å². The highest BCUT2D eigenvalue weighted by Crippen LogP contribution is 2.19. The van der Waals surface area contributed by atoms with Crippen LogP contribution in [-0.2, 0) is 0 Å². The molecule has 6 heteroatoms. The van der Waals surface area contributed by atoms with Crippen LogP contribution in [0, 0.1) is 0 Å². The number of carboxylic acid groups (broad SMARTS) is 1. The third kappa shape index (κ3) is 10.3. The Hall–Kier alpha value is -1.92. The van der Waals surface area contributed by atoms with E-state index in [1.165, 1.54) is 51.4 Å². The molecule has 0 radical (unpaired) electrons. The number of aliphatic hydroxyl groups excluding tert-OH is 1. The molecule has 6 nitrogen and oxygen atoms in total. The Balaban J connectivity index is 1.42. The van der Waals surface area contributed by atoms with Gasteiger partial charge in [-0.3, -0.25) is 5.43 Å². The van der Waals surface area contributed by atoms with Crippen molar-refractivity contribution in [3.05, 3.63) is 29.8 Å². The molecule has 1 fully saturated rings. The van der Waals surface area contributed by atoms with E-state index in [4.69, 9.17) is 5.11 Å². The lowest BCUT2D eigenvalue weighted by Gasteiger charge is -2.32. The molecule has 3 atom stereocenters. The standard InChI is InChI=1S/C25H41N3O3/c1-19(27-28-23-15-13-21(14-16-23)25(30)31)11-9-7-5-3-4-6-8-10-12-22-17-18-24(29)20(2)26-22/h13-16,20,22,24,26,28-29H,3-12,17-18H2,1-2H3,(H,30,31)/b27-19-/t20-,22+,24-/m1/s1. The van der Waals surface area contributed by atoms with E-state index in [1.807, 2.05) is 6.92 Å². The minimum atomic E-state index is -0.917. The minimum absolute atomic E-state index is 0.166. The summed E-state index contributed by atoms with van der Waals surface area (Å²) in [6.45, 7) is 4.11. The summed E-state index contributed by atoms with van der Waals surface area (Å²) in [5, 5.41) is 26.6. The number of hydrazone groups is 1. The number of hydrogen-bond donors (Lipinski definition) is 4. The Morgan fingerprint density at radius 2 is 1.65 bits per heavy atom. The number of nitrogens with zero attached hydrogens (tertiary/aromatic N) is 1. The number of piperidine rings is 1. The van der Waals surface area contributed by atoms with Crippen molar-refractivity contribution >= 4 is 17.4 Å². The highest BCUT2D eigenvalue weighted by molar-refractivity contribution is 5.88. The monoisotopic (exact) mass is 431 g/mol. The summed E-state index contributed by atoms with van der Waals surface area (Å²) in [5.74, 6) is -0.917. The second-order valence-corrected chi connectivity index (χ2v) is 9.01. The summed E-state index contributed by atoms with van der Waals surface area (Å²) in [7, 11) is 0. The van der Waals surface area contributed by atoms with Gasteiger partial charge in [0.15, 0.2) is 0 Å². The van der Waals surface area contributed by atoms with Gasteiger partial charge in [0.25, 0.3) is 0 Å². The van der Waals surface area contributed by atoms with E-state index >= 15 is 0 Å². The van der Waals surface area contributed by atoms with Gasteiger partial charge in [-0.05, 0) is 70.2 Å². The first-order valence-electron chi connectivity index (χ1n) is 12.0. The van der Waals surface area contributed by atoms with Gasteiger partial charge in [0.2, 0.25) is 0 Å². The second-order valence-electron chi connectivity index (χ2n) is 9.01. The molecule has 0 unspecified atom stereocenters. The lowest BCUT2D eigenvalue weighted by Crippen LogP contribution is -2.48. The van der Waals surface area contributed by atoms with Crippen LogP contribution in [0.2, 0.25) is 0 Å². The van der Waals surface area contributed by atoms with E-state index in [1.54, 1.807) is 24.3 Å². The molecule has 0 aliphatic carbocycles. The molecule has 1 heterocycles. The van der Waals surface area contributed by atoms with Crippen LogP contribution < -0.4 is 10.7 Å². The van der Waals surface area contributed by atoms with Crippen LogP contribution in [0.15, 0.2) is 29.4 Å². The smallest absolute Gasteiger partial charge is 0.335 e. The van der Waals surface area contributed by atoms with E-state index in [0.717, 1.165) is 37.1 Å². The maximum atomic E-state index is 10.9. The zero-order valence-electron chi connectivity index (χ0n) is 19.3. The molecule has 1 aliphatic rings. The number of unbranched alkanes of at least 4 members (excludes halogenated alkanes) is 7. The highest BCUT2D eigenvalue weighted by atomic mass is 16.4. The van der Waals surface area contributed by atoms with Crippen LogP contribution in [0.1, 0.15) is 101 Å². The maximum absolute atomic E-state index is 10.9. The molecule has 4 N–H and O–H groups in total. The van der Waals surface area contributed by atoms with Crippen LogP contribution >= 0.6 is 0 Å². The molecule has 0 aromatic heterocycles. The van der Waals surface area contributed by atoms with Gasteiger partial charge >= 0.3 is 5.97 Å². The van der Waals surface area contributed by atoms with Gasteiger partial charge in [-0.1, -0.05) is 44.9 Å². The normalized spacial score (nSPS) is 21.8. The average molecular weight is 432 g/mol. The molecule has 0 amide bonds. The number of nitrogens with one attached hydrogen (secondary N) is 2. The maximum Gasteiger partial charge on any atom is 0.335 e. The van der Waals surface area contributed by atoms with Crippen molar-refractivity contribution in [2.24, 2.45) is 5.10 Å². The lowest BCUT2D eigenvalue weighted by molar-refractivity contribution is 0.0697. The Morgan fingerprint density at radius 1 is 1.03 bits per heavy atom. The Labute approximate surface area is 187 Å². The van der Waals surface area contributed by atoms with Crippen molar-refractivity contribution in [2.75, 3.05) is 5.43 Å². The molecule has 1 saturated heterocycles. The Morgan fingerprint density at radius 3 is 2.26 bits per heavy atom. The first-order valence-corrected chi connectivity index (χ1v) is 12.0. The number of rotatable bonds is 14. The number of benzene rings is 1. The molecule has 0 bridgehead atoms. The van der Waals surface area contributed by atoms with Gasteiger partial charge in [0.05, 0.1) is 17.4 Å². The van der Waals surface area contributed by atoms with E-state index in [-0.39, 0.29) is 17.7 Å². The predicted molar refractivity (Wildman–Crippen MR) is 128 cm³/mol. The number of carbonyl (C=O) groups is 1. The molecule has 1 aliphatic heterocycles. The molecule has 1 aromatic carbocycles. The summed E-state index contributed by atoms with van der Waals surface area (Å²) in [6, 6.07) is 7.46. The molecule has 0 saturated carbocycles. The van der Waals surface area contributed by atoms with Crippen molar-refractivity contribution in [2.45, 2.75) is 109 Å². The van der Waals surface area contributed by atoms with Gasteiger partial charge in [0, 0.05) is 17.8 Å². The molecular formula is C25H41N3O3. The highest BCUT2D eigenvalue weighted by Gasteiger charge is 2.24. The zero-order valence-corrected chi connectivity index (χ0v) is 19.3. The van der Waals surface area contributed by atoms with Crippen LogP contribution in [0.25, 0.3) is 0 Å². The van der Waals surface area contributed by atoms with Gasteiger partial charge < -0.3 is 15.5 Å². The SMILES string of the molecule is C/C(CCCCCCCCCC[C@H]1CC[C@@H](O)[C@@H](C)N1)=N/Nc1ccc(C(=O)O)cc1. The minimum Gasteiger partial charge on any atom is -0.478 e. The summed E-state index contributed by atoms with van der Waals surface area (Å²) in [6.07, 6.45) is 14.4. The third-order valence-electron chi connectivity index (χ3n) is 6.24. The summed E-state index contributed by atoms with van der Waals surface area (Å²) in [5.41, 5.74) is 5.15. The van der Waals surface area contributed by atoms with Crippen LogP contribution in [0.5, 0.6) is 0 Å². The van der Waals surface area contributed by atoms with Crippen molar-refractivity contribution in [3.63, 3.8) is 0 Å². The largest absolute Gasteiger partial charge is 0.478 e. The Bertz CT molecular complexity index is 675. The Kier molecular flexibility index (Phi) is 11.6. The molecular weight excluding hydrogens is 390 g/mol. The number of aliphatic hydroxyl groups is 1. The van der Waals surface area contributed by atoms with Crippen molar-refractivity contribution < 1.29 is 15.0 Å². The number of anilines is 1. The first-order chi connectivity index (χ1) is 15.0. The van der Waals surface area contributed by atoms with Crippen molar-refractivity contribution in [1.82, 2.24) is 5.32 Å². The fourth-order valence-corrected chi connectivity index (χ4v) is 4.15. The zero-order chi connectivity index (χ0) is 22.5. The molecule has 31 heavy (non-hydrogen) atoms. The van der Waals surface area contributed by atoms with Crippen LogP contribution in [-0.4, -0.2) is 40.1 Å². The number of aromatic carboxylic acids is 1. The molecule has 174 valence electrons. The van der Waals surface area contributed by atoms with Gasteiger partial charge in [0.1, 0.15) is 0 Å². The quantitative estimate of drug-likeness (QED) is 0.175. The van der Waals surface area contributed by atoms with E-state index in [0.29, 0.717) is 6.04 Å². The van der Waals surface area contributed by atoms with Gasteiger partial charge in [-0.2, -0.15) is 5.10 Å². The van der Waals surface area contributed by atoms with E-state index < -0.39 is 5.97 Å².